The predicted octanol–water partition coefficient (Wildman–Crippen LogP) is -0.799. The number of aliphatic hydroxyl groups excluding tert-OH is 3. The molecule has 1 aromatic rings. The second-order valence-electron chi connectivity index (χ2n) is 4.22. The van der Waals surface area contributed by atoms with Crippen molar-refractivity contribution in [3.63, 3.8) is 0 Å². The van der Waals surface area contributed by atoms with E-state index in [0.717, 1.165) is 11.5 Å². The molecule has 0 radical (unpaired) electrons. The van der Waals surface area contributed by atoms with Gasteiger partial charge in [-0.3, -0.25) is 4.57 Å². The molecule has 0 aliphatic rings. The summed E-state index contributed by atoms with van der Waals surface area (Å²) in [6.07, 6.45) is -2.26. The van der Waals surface area contributed by atoms with Crippen LogP contribution in [0.4, 0.5) is 10.2 Å². The normalized spacial score (nSPS) is 19.5. The summed E-state index contributed by atoms with van der Waals surface area (Å²) < 4.78 is 14.3. The van der Waals surface area contributed by atoms with Crippen molar-refractivity contribution >= 4 is 28.4 Å². The Kier molecular flexibility index (Phi) is 5.24. The van der Waals surface area contributed by atoms with Gasteiger partial charge in [-0.05, 0) is 13.0 Å². The van der Waals surface area contributed by atoms with E-state index < -0.39 is 34.2 Å². The number of aromatic nitrogens is 2. The van der Waals surface area contributed by atoms with E-state index in [4.69, 9.17) is 10.8 Å². The van der Waals surface area contributed by atoms with E-state index in [1.807, 2.05) is 0 Å². The minimum atomic E-state index is -2.36. The molecule has 0 fully saturated rings. The lowest BCUT2D eigenvalue weighted by Gasteiger charge is -2.33. The van der Waals surface area contributed by atoms with Crippen molar-refractivity contribution in [1.29, 1.82) is 0 Å². The van der Waals surface area contributed by atoms with E-state index >= 15 is 0 Å². The summed E-state index contributed by atoms with van der Waals surface area (Å²) in [4.78, 5) is 15.0. The molecule has 0 amide bonds. The van der Waals surface area contributed by atoms with E-state index in [1.165, 1.54) is 12.3 Å². The molecule has 1 heterocycles. The molecule has 0 bridgehead atoms. The third kappa shape index (κ3) is 3.41. The highest BCUT2D eigenvalue weighted by molar-refractivity contribution is 14.1. The van der Waals surface area contributed by atoms with Crippen LogP contribution in [-0.4, -0.2) is 49.4 Å². The van der Waals surface area contributed by atoms with Gasteiger partial charge in [0, 0.05) is 6.20 Å². The fraction of sp³-hybridized carbons (Fsp3) is 0.600. The molecule has 7 nitrogen and oxygen atoms in total. The van der Waals surface area contributed by atoms with Crippen molar-refractivity contribution in [2.75, 3.05) is 12.3 Å². The van der Waals surface area contributed by atoms with Crippen LogP contribution in [0.1, 0.15) is 11.0 Å². The summed E-state index contributed by atoms with van der Waals surface area (Å²) >= 11 is 1.61. The molecule has 0 aliphatic carbocycles. The average Bonchev–Trinajstić information content (AvgIpc) is 2.36. The quantitative estimate of drug-likeness (QED) is 0.388. The van der Waals surface area contributed by atoms with Gasteiger partial charge in [-0.2, -0.15) is 4.98 Å². The minimum absolute atomic E-state index is 0.00125. The van der Waals surface area contributed by atoms with Crippen LogP contribution in [0.5, 0.6) is 0 Å². The molecule has 0 spiro atoms. The molecule has 108 valence electrons. The number of nitrogen functional groups attached to an aromatic ring is 1. The standard InChI is InChI=1S/C10H15FIN3O4/c1-10(11,7(18)5(17)4-16)8(12)15-3-2-6(13)14-9(15)19/h2-3,5,7-8,16-18H,4H2,1H3,(H2,13,14,19)/t5-,7?,8+,10+/m1/s1. The van der Waals surface area contributed by atoms with Gasteiger partial charge in [-0.15, -0.1) is 0 Å². The molecule has 4 atom stereocenters. The minimum Gasteiger partial charge on any atom is -0.394 e. The van der Waals surface area contributed by atoms with Crippen LogP contribution in [0.2, 0.25) is 0 Å². The maximum Gasteiger partial charge on any atom is 0.350 e. The van der Waals surface area contributed by atoms with Gasteiger partial charge < -0.3 is 21.1 Å². The van der Waals surface area contributed by atoms with E-state index in [2.05, 4.69) is 4.98 Å². The third-order valence-electron chi connectivity index (χ3n) is 2.69. The third-order valence-corrected chi connectivity index (χ3v) is 4.51. The molecule has 1 unspecified atom stereocenters. The zero-order valence-corrected chi connectivity index (χ0v) is 12.2. The Morgan fingerprint density at radius 2 is 2.21 bits per heavy atom. The molecule has 1 aromatic heterocycles. The first-order valence-corrected chi connectivity index (χ1v) is 6.61. The van der Waals surface area contributed by atoms with E-state index in [9.17, 15) is 19.4 Å². The van der Waals surface area contributed by atoms with Gasteiger partial charge in [0.15, 0.2) is 5.67 Å². The van der Waals surface area contributed by atoms with Gasteiger partial charge in [0.1, 0.15) is 22.1 Å². The van der Waals surface area contributed by atoms with Crippen LogP contribution >= 0.6 is 22.6 Å². The van der Waals surface area contributed by atoms with Crippen LogP contribution in [0.3, 0.4) is 0 Å². The smallest absolute Gasteiger partial charge is 0.350 e. The summed E-state index contributed by atoms with van der Waals surface area (Å²) in [5.41, 5.74) is 2.20. The zero-order valence-electron chi connectivity index (χ0n) is 10.1. The Hall–Kier alpha value is -0.780. The topological polar surface area (TPSA) is 122 Å². The first-order chi connectivity index (χ1) is 8.71. The second-order valence-corrected chi connectivity index (χ2v) is 5.40. The molecule has 0 saturated carbocycles. The SMILES string of the molecule is C[C@](F)(C(O)[C@H](O)CO)[C@@H](I)n1ccc(N)nc1=O. The van der Waals surface area contributed by atoms with Crippen LogP contribution in [0.15, 0.2) is 17.1 Å². The monoisotopic (exact) mass is 387 g/mol. The van der Waals surface area contributed by atoms with Crippen molar-refractivity contribution in [2.24, 2.45) is 0 Å². The number of alkyl halides is 2. The molecule has 0 aromatic carbocycles. The van der Waals surface area contributed by atoms with Crippen molar-refractivity contribution in [3.05, 3.63) is 22.7 Å². The zero-order chi connectivity index (χ0) is 14.8. The number of nitrogens with zero attached hydrogens (tertiary/aromatic N) is 2. The highest BCUT2D eigenvalue weighted by Crippen LogP contribution is 2.36. The van der Waals surface area contributed by atoms with Gasteiger partial charge in [-0.1, -0.05) is 22.6 Å². The van der Waals surface area contributed by atoms with Gasteiger partial charge in [-0.25, -0.2) is 9.18 Å². The predicted molar refractivity (Wildman–Crippen MR) is 74.6 cm³/mol. The van der Waals surface area contributed by atoms with Crippen molar-refractivity contribution in [2.45, 2.75) is 28.8 Å². The number of aliphatic hydroxyl groups is 3. The number of rotatable bonds is 5. The lowest BCUT2D eigenvalue weighted by molar-refractivity contribution is -0.0951. The number of hydrogen-bond acceptors (Lipinski definition) is 6. The lowest BCUT2D eigenvalue weighted by Crippen LogP contribution is -2.50. The fourth-order valence-corrected chi connectivity index (χ4v) is 2.28. The molecular formula is C10H15FIN3O4. The molecular weight excluding hydrogens is 372 g/mol. The summed E-state index contributed by atoms with van der Waals surface area (Å²) in [6.45, 7) is 0.232. The van der Waals surface area contributed by atoms with E-state index in [-0.39, 0.29) is 5.82 Å². The summed E-state index contributed by atoms with van der Waals surface area (Å²) in [5.74, 6) is 0.00125. The van der Waals surface area contributed by atoms with Gasteiger partial charge >= 0.3 is 5.69 Å². The molecule has 1 rings (SSSR count). The van der Waals surface area contributed by atoms with Crippen molar-refractivity contribution in [1.82, 2.24) is 9.55 Å². The lowest BCUT2D eigenvalue weighted by atomic mass is 9.96. The average molecular weight is 387 g/mol. The largest absolute Gasteiger partial charge is 0.394 e. The van der Waals surface area contributed by atoms with Crippen LogP contribution in [0.25, 0.3) is 0 Å². The fourth-order valence-electron chi connectivity index (χ4n) is 1.49. The summed E-state index contributed by atoms with van der Waals surface area (Å²) in [5, 5.41) is 27.7. The number of nitrogens with two attached hydrogens (primary N) is 1. The Bertz CT molecular complexity index is 496. The second kappa shape index (κ2) is 6.11. The maximum absolute atomic E-state index is 14.5. The Labute approximate surface area is 122 Å². The van der Waals surface area contributed by atoms with E-state index in [0.29, 0.717) is 0 Å². The highest BCUT2D eigenvalue weighted by Gasteiger charge is 2.44. The Morgan fingerprint density at radius 3 is 2.68 bits per heavy atom. The van der Waals surface area contributed by atoms with Crippen molar-refractivity contribution < 1.29 is 19.7 Å². The van der Waals surface area contributed by atoms with E-state index in [1.54, 1.807) is 22.6 Å². The highest BCUT2D eigenvalue weighted by atomic mass is 127. The molecule has 19 heavy (non-hydrogen) atoms. The summed E-state index contributed by atoms with van der Waals surface area (Å²) in [6, 6.07) is 1.32. The first kappa shape index (κ1) is 16.3. The van der Waals surface area contributed by atoms with Gasteiger partial charge in [0.05, 0.1) is 6.61 Å². The number of hydrogen-bond donors (Lipinski definition) is 4. The molecule has 9 heteroatoms. The molecule has 0 aliphatic heterocycles. The van der Waals surface area contributed by atoms with Crippen LogP contribution in [0, 0.1) is 0 Å². The van der Waals surface area contributed by atoms with Crippen molar-refractivity contribution in [3.8, 4) is 0 Å². The molecule has 5 N–H and O–H groups in total. The number of halogens is 2. The molecule has 0 saturated heterocycles. The first-order valence-electron chi connectivity index (χ1n) is 5.36. The maximum atomic E-state index is 14.5. The van der Waals surface area contributed by atoms with Gasteiger partial charge in [0.2, 0.25) is 0 Å². The Balaban J connectivity index is 3.10. The van der Waals surface area contributed by atoms with Crippen LogP contribution in [-0.2, 0) is 0 Å². The number of anilines is 1. The summed E-state index contributed by atoms with van der Waals surface area (Å²) in [7, 11) is 0. The van der Waals surface area contributed by atoms with Gasteiger partial charge in [0.25, 0.3) is 0 Å². The Morgan fingerprint density at radius 1 is 1.63 bits per heavy atom. The van der Waals surface area contributed by atoms with Crippen LogP contribution < -0.4 is 11.4 Å².